The smallest absolute Gasteiger partial charge is 0.0621 e. The standard InChI is InChI=1S/C15H15Cl2NO2/c16-13-3-1-2-12(6-13)15(9-19,10-20)7-11-4-5-18-8-14(11)17/h1-6,8,19-20H,7,9-10H2. The second-order valence-corrected chi connectivity index (χ2v) is 5.59. The summed E-state index contributed by atoms with van der Waals surface area (Å²) >= 11 is 12.1. The van der Waals surface area contributed by atoms with Crippen LogP contribution in [0.15, 0.2) is 42.7 Å². The second-order valence-electron chi connectivity index (χ2n) is 4.75. The minimum Gasteiger partial charge on any atom is -0.395 e. The van der Waals surface area contributed by atoms with E-state index in [0.29, 0.717) is 16.5 Å². The molecule has 1 aromatic carbocycles. The molecule has 0 aliphatic carbocycles. The molecular formula is C15H15Cl2NO2. The van der Waals surface area contributed by atoms with Crippen molar-refractivity contribution in [2.24, 2.45) is 0 Å². The Morgan fingerprint density at radius 3 is 2.45 bits per heavy atom. The molecule has 20 heavy (non-hydrogen) atoms. The first-order chi connectivity index (χ1) is 9.61. The Kier molecular flexibility index (Phi) is 5.00. The van der Waals surface area contributed by atoms with Crippen molar-refractivity contribution in [2.45, 2.75) is 11.8 Å². The molecule has 0 saturated carbocycles. The summed E-state index contributed by atoms with van der Waals surface area (Å²) in [5, 5.41) is 20.7. The maximum atomic E-state index is 9.81. The molecule has 106 valence electrons. The lowest BCUT2D eigenvalue weighted by atomic mass is 9.77. The number of rotatable bonds is 5. The third-order valence-electron chi connectivity index (χ3n) is 3.43. The van der Waals surface area contributed by atoms with Crippen LogP contribution in [0.5, 0.6) is 0 Å². The van der Waals surface area contributed by atoms with Gasteiger partial charge in [0, 0.05) is 22.8 Å². The van der Waals surface area contributed by atoms with Crippen molar-refractivity contribution in [3.05, 3.63) is 63.9 Å². The fraction of sp³-hybridized carbons (Fsp3) is 0.267. The van der Waals surface area contributed by atoms with Gasteiger partial charge >= 0.3 is 0 Å². The van der Waals surface area contributed by atoms with E-state index in [1.165, 1.54) is 0 Å². The summed E-state index contributed by atoms with van der Waals surface area (Å²) in [7, 11) is 0. The molecule has 1 heterocycles. The number of pyridine rings is 1. The summed E-state index contributed by atoms with van der Waals surface area (Å²) in [6, 6.07) is 8.93. The zero-order valence-electron chi connectivity index (χ0n) is 10.8. The van der Waals surface area contributed by atoms with E-state index in [-0.39, 0.29) is 13.2 Å². The molecule has 3 nitrogen and oxygen atoms in total. The summed E-state index contributed by atoms with van der Waals surface area (Å²) < 4.78 is 0. The molecule has 0 amide bonds. The number of hydrogen-bond donors (Lipinski definition) is 2. The topological polar surface area (TPSA) is 53.4 Å². The van der Waals surface area contributed by atoms with E-state index in [9.17, 15) is 10.2 Å². The summed E-state index contributed by atoms with van der Waals surface area (Å²) in [6.45, 7) is -0.412. The molecule has 0 fully saturated rings. The summed E-state index contributed by atoms with van der Waals surface area (Å²) in [5.41, 5.74) is 0.781. The van der Waals surface area contributed by atoms with Crippen LogP contribution in [0.3, 0.4) is 0 Å². The molecule has 0 spiro atoms. The molecule has 2 aromatic rings. The van der Waals surface area contributed by atoms with Gasteiger partial charge in [-0.3, -0.25) is 4.98 Å². The first-order valence-electron chi connectivity index (χ1n) is 6.17. The Bertz CT molecular complexity index is 586. The minimum absolute atomic E-state index is 0.206. The SMILES string of the molecule is OCC(CO)(Cc1ccncc1Cl)c1cccc(Cl)c1. The van der Waals surface area contributed by atoms with Crippen LogP contribution in [0.2, 0.25) is 10.0 Å². The molecule has 0 atom stereocenters. The van der Waals surface area contributed by atoms with Crippen molar-refractivity contribution in [1.82, 2.24) is 4.98 Å². The first kappa shape index (κ1) is 15.3. The maximum absolute atomic E-state index is 9.81. The minimum atomic E-state index is -0.824. The highest BCUT2D eigenvalue weighted by molar-refractivity contribution is 6.31. The van der Waals surface area contributed by atoms with Crippen LogP contribution in [-0.2, 0) is 11.8 Å². The number of benzene rings is 1. The van der Waals surface area contributed by atoms with Crippen LogP contribution >= 0.6 is 23.2 Å². The number of aliphatic hydroxyl groups excluding tert-OH is 2. The van der Waals surface area contributed by atoms with Crippen LogP contribution in [0.25, 0.3) is 0 Å². The zero-order chi connectivity index (χ0) is 14.6. The zero-order valence-corrected chi connectivity index (χ0v) is 12.3. The van der Waals surface area contributed by atoms with Gasteiger partial charge < -0.3 is 10.2 Å². The molecule has 0 saturated heterocycles. The summed E-state index contributed by atoms with van der Waals surface area (Å²) in [5.74, 6) is 0. The first-order valence-corrected chi connectivity index (χ1v) is 6.93. The lowest BCUT2D eigenvalue weighted by Gasteiger charge is -2.31. The van der Waals surface area contributed by atoms with Gasteiger partial charge in [-0.1, -0.05) is 35.3 Å². The average Bonchev–Trinajstić information content (AvgIpc) is 2.47. The van der Waals surface area contributed by atoms with Gasteiger partial charge in [-0.15, -0.1) is 0 Å². The fourth-order valence-corrected chi connectivity index (χ4v) is 2.55. The van der Waals surface area contributed by atoms with Crippen LogP contribution in [0.1, 0.15) is 11.1 Å². The Balaban J connectivity index is 2.42. The van der Waals surface area contributed by atoms with Gasteiger partial charge in [0.15, 0.2) is 0 Å². The third-order valence-corrected chi connectivity index (χ3v) is 4.00. The van der Waals surface area contributed by atoms with Gasteiger partial charge in [0.05, 0.1) is 18.2 Å². The number of aromatic nitrogens is 1. The second kappa shape index (κ2) is 6.55. The van der Waals surface area contributed by atoms with E-state index in [0.717, 1.165) is 11.1 Å². The molecule has 0 aliphatic heterocycles. The monoisotopic (exact) mass is 311 g/mol. The predicted octanol–water partition coefficient (Wildman–Crippen LogP) is 2.85. The molecule has 2 N–H and O–H groups in total. The Morgan fingerprint density at radius 2 is 1.85 bits per heavy atom. The van der Waals surface area contributed by atoms with Crippen molar-refractivity contribution < 1.29 is 10.2 Å². The Morgan fingerprint density at radius 1 is 1.10 bits per heavy atom. The van der Waals surface area contributed by atoms with Gasteiger partial charge in [-0.25, -0.2) is 0 Å². The largest absolute Gasteiger partial charge is 0.395 e. The van der Waals surface area contributed by atoms with E-state index in [1.54, 1.807) is 36.7 Å². The molecule has 0 bridgehead atoms. The lowest BCUT2D eigenvalue weighted by molar-refractivity contribution is 0.116. The van der Waals surface area contributed by atoms with Gasteiger partial charge in [0.1, 0.15) is 0 Å². The normalized spacial score (nSPS) is 11.6. The van der Waals surface area contributed by atoms with E-state index in [1.807, 2.05) is 6.07 Å². The molecule has 2 rings (SSSR count). The Labute approximate surface area is 127 Å². The number of halogens is 2. The van der Waals surface area contributed by atoms with Crippen molar-refractivity contribution in [1.29, 1.82) is 0 Å². The molecule has 0 radical (unpaired) electrons. The molecule has 1 aromatic heterocycles. The molecule has 0 aliphatic rings. The highest BCUT2D eigenvalue weighted by Gasteiger charge is 2.32. The van der Waals surface area contributed by atoms with E-state index >= 15 is 0 Å². The average molecular weight is 312 g/mol. The molecular weight excluding hydrogens is 297 g/mol. The van der Waals surface area contributed by atoms with Crippen LogP contribution in [0.4, 0.5) is 0 Å². The van der Waals surface area contributed by atoms with Gasteiger partial charge in [-0.2, -0.15) is 0 Å². The van der Waals surface area contributed by atoms with Gasteiger partial charge in [0.25, 0.3) is 0 Å². The lowest BCUT2D eigenvalue weighted by Crippen LogP contribution is -2.37. The van der Waals surface area contributed by atoms with Crippen LogP contribution < -0.4 is 0 Å². The van der Waals surface area contributed by atoms with Crippen molar-refractivity contribution in [3.8, 4) is 0 Å². The highest BCUT2D eigenvalue weighted by Crippen LogP contribution is 2.31. The van der Waals surface area contributed by atoms with Gasteiger partial charge in [-0.05, 0) is 35.7 Å². The maximum Gasteiger partial charge on any atom is 0.0621 e. The quantitative estimate of drug-likeness (QED) is 0.892. The van der Waals surface area contributed by atoms with Crippen LogP contribution in [0, 0.1) is 0 Å². The number of nitrogens with zero attached hydrogens (tertiary/aromatic N) is 1. The van der Waals surface area contributed by atoms with Crippen molar-refractivity contribution in [3.63, 3.8) is 0 Å². The third kappa shape index (κ3) is 3.13. The van der Waals surface area contributed by atoms with Crippen molar-refractivity contribution >= 4 is 23.2 Å². The summed E-state index contributed by atoms with van der Waals surface area (Å²) in [4.78, 5) is 3.94. The Hall–Kier alpha value is -1.13. The highest BCUT2D eigenvalue weighted by atomic mass is 35.5. The molecule has 5 heteroatoms. The predicted molar refractivity (Wildman–Crippen MR) is 80.3 cm³/mol. The molecule has 0 unspecified atom stereocenters. The number of hydrogen-bond acceptors (Lipinski definition) is 3. The van der Waals surface area contributed by atoms with E-state index < -0.39 is 5.41 Å². The van der Waals surface area contributed by atoms with Gasteiger partial charge in [0.2, 0.25) is 0 Å². The van der Waals surface area contributed by atoms with E-state index in [2.05, 4.69) is 4.98 Å². The van der Waals surface area contributed by atoms with Crippen molar-refractivity contribution in [2.75, 3.05) is 13.2 Å². The summed E-state index contributed by atoms with van der Waals surface area (Å²) in [6.07, 6.45) is 3.59. The number of aliphatic hydroxyl groups is 2. The van der Waals surface area contributed by atoms with Crippen LogP contribution in [-0.4, -0.2) is 28.4 Å². The fourth-order valence-electron chi connectivity index (χ4n) is 2.18. The van der Waals surface area contributed by atoms with E-state index in [4.69, 9.17) is 23.2 Å².